The van der Waals surface area contributed by atoms with Crippen LogP contribution in [0.1, 0.15) is 57.1 Å². The molecule has 0 aliphatic carbocycles. The highest BCUT2D eigenvalue weighted by molar-refractivity contribution is 7.87. The zero-order chi connectivity index (χ0) is 71.8. The first-order valence-corrected chi connectivity index (χ1v) is 37.7. The molecule has 0 amide bonds. The Bertz CT molecular complexity index is 4750. The first kappa shape index (κ1) is 77.0. The molecule has 0 bridgehead atoms. The zero-order valence-electron chi connectivity index (χ0n) is 53.6. The van der Waals surface area contributed by atoms with E-state index in [0.717, 1.165) is 24.3 Å². The first-order valence-electron chi connectivity index (χ1n) is 30.3. The molecule has 5 aromatic carbocycles. The fourth-order valence-corrected chi connectivity index (χ4v) is 15.5. The number of fused-ring (bicyclic) bond motifs is 6. The second kappa shape index (κ2) is 31.9. The number of hydrogen-bond donors (Lipinski definition) is 7. The van der Waals surface area contributed by atoms with Gasteiger partial charge in [0.15, 0.2) is 5.71 Å². The van der Waals surface area contributed by atoms with E-state index in [9.17, 15) is 79.9 Å². The van der Waals surface area contributed by atoms with Gasteiger partial charge in [-0.1, -0.05) is 13.0 Å². The van der Waals surface area contributed by atoms with Gasteiger partial charge in [0.25, 0.3) is 50.6 Å². The molecule has 6 aromatic rings. The van der Waals surface area contributed by atoms with Crippen molar-refractivity contribution < 1.29 is 127 Å². The summed E-state index contributed by atoms with van der Waals surface area (Å²) in [5.41, 5.74) is -4.40. The highest BCUT2D eigenvalue weighted by Crippen LogP contribution is 2.53. The van der Waals surface area contributed by atoms with E-state index in [0.29, 0.717) is 43.3 Å². The number of rotatable bonds is 39. The van der Waals surface area contributed by atoms with Crippen molar-refractivity contribution in [1.82, 2.24) is 4.73 Å². The molecule has 32 nitrogen and oxygen atoms in total. The molecule has 37 heteroatoms. The molecule has 1 aromatic heterocycles. The summed E-state index contributed by atoms with van der Waals surface area (Å²) in [6, 6.07) is 9.16. The topological polar surface area (TPSA) is 458 Å². The van der Waals surface area contributed by atoms with Crippen molar-refractivity contribution in [1.29, 1.82) is 0 Å². The number of nitrogens with zero attached hydrogens (tertiary/aromatic N) is 3. The van der Waals surface area contributed by atoms with Crippen LogP contribution in [0.3, 0.4) is 0 Å². The molecule has 0 saturated heterocycles. The van der Waals surface area contributed by atoms with Crippen LogP contribution >= 0.6 is 0 Å². The average molecular weight is 1480 g/mol. The van der Waals surface area contributed by atoms with Gasteiger partial charge < -0.3 is 57.8 Å². The highest BCUT2D eigenvalue weighted by atomic mass is 32.2. The average Bonchev–Trinajstić information content (AvgIpc) is 1.53. The van der Waals surface area contributed by atoms with Crippen LogP contribution in [0.4, 0.5) is 11.4 Å². The number of hydrogen-bond acceptors (Lipinski definition) is 25. The third kappa shape index (κ3) is 17.9. The van der Waals surface area contributed by atoms with Crippen molar-refractivity contribution in [2.45, 2.75) is 82.4 Å². The first-order chi connectivity index (χ1) is 46.1. The summed E-state index contributed by atoms with van der Waals surface area (Å²) >= 11 is 0. The maximum atomic E-state index is 15.2. The Morgan fingerprint density at radius 2 is 1.02 bits per heavy atom. The van der Waals surface area contributed by atoms with Crippen molar-refractivity contribution in [2.24, 2.45) is 0 Å². The Labute approximate surface area is 563 Å². The van der Waals surface area contributed by atoms with Gasteiger partial charge >= 0.3 is 5.97 Å². The predicted molar refractivity (Wildman–Crippen MR) is 350 cm³/mol. The minimum Gasteiger partial charge on any atom is -0.492 e. The lowest BCUT2D eigenvalue weighted by Crippen LogP contribution is -2.66. The van der Waals surface area contributed by atoms with Crippen LogP contribution in [0.25, 0.3) is 33.7 Å². The van der Waals surface area contributed by atoms with E-state index in [-0.39, 0.29) is 155 Å². The Morgan fingerprint density at radius 3 is 1.50 bits per heavy atom. The van der Waals surface area contributed by atoms with Gasteiger partial charge in [-0.15, -0.1) is 4.73 Å². The number of carbonyl (C=O) groups excluding carboxylic acids is 1. The van der Waals surface area contributed by atoms with Crippen molar-refractivity contribution in [3.05, 3.63) is 103 Å². The highest BCUT2D eigenvalue weighted by Gasteiger charge is 2.51. The summed E-state index contributed by atoms with van der Waals surface area (Å²) in [6.45, 7) is 4.89. The number of methoxy groups -OCH3 is 2. The van der Waals surface area contributed by atoms with Gasteiger partial charge in [0.05, 0.1) is 130 Å². The van der Waals surface area contributed by atoms with Crippen LogP contribution in [0.2, 0.25) is 0 Å². The number of aromatic nitrogens is 1. The molecule has 0 spiro atoms. The molecule has 98 heavy (non-hydrogen) atoms. The fraction of sp³-hybridized carbons (Fsp3) is 0.475. The zero-order valence-corrected chi connectivity index (χ0v) is 57.6. The van der Waals surface area contributed by atoms with Crippen molar-refractivity contribution in [2.75, 3.05) is 130 Å². The normalized spacial score (nSPS) is 17.6. The predicted octanol–water partition coefficient (Wildman–Crippen LogP) is 1.44. The largest absolute Gasteiger partial charge is 0.492 e. The van der Waals surface area contributed by atoms with Gasteiger partial charge in [0, 0.05) is 85.5 Å². The quantitative estimate of drug-likeness (QED) is 0.0163. The van der Waals surface area contributed by atoms with Gasteiger partial charge in [0.1, 0.15) is 16.3 Å². The molecule has 8 rings (SSSR count). The molecule has 7 N–H and O–H groups in total. The van der Waals surface area contributed by atoms with E-state index < -0.39 is 138 Å². The van der Waals surface area contributed by atoms with Gasteiger partial charge in [-0.25, -0.2) is 4.79 Å². The van der Waals surface area contributed by atoms with Crippen molar-refractivity contribution >= 4 is 107 Å². The number of aromatic hydroxyl groups is 2. The van der Waals surface area contributed by atoms with E-state index in [2.05, 4.69) is 0 Å². The Hall–Kier alpha value is -6.73. The Balaban J connectivity index is 1.31. The van der Waals surface area contributed by atoms with Gasteiger partial charge in [-0.2, -0.15) is 46.7 Å². The van der Waals surface area contributed by atoms with Crippen LogP contribution in [-0.2, 0) is 104 Å². The van der Waals surface area contributed by atoms with E-state index in [1.165, 1.54) is 50.6 Å². The molecule has 3 atom stereocenters. The smallest absolute Gasteiger partial charge is 0.333 e. The Kier molecular flexibility index (Phi) is 25.0. The minimum atomic E-state index is -5.29. The molecule has 0 fully saturated rings. The molecular weight excluding hydrogens is 1400 g/mol. The molecule has 0 radical (unpaired) electrons. The van der Waals surface area contributed by atoms with E-state index >= 15 is 9.59 Å². The number of carbonyl (C=O) groups is 1. The van der Waals surface area contributed by atoms with Gasteiger partial charge in [-0.3, -0.25) is 32.4 Å². The minimum absolute atomic E-state index is 0.0153. The Morgan fingerprint density at radius 1 is 0.551 bits per heavy atom. The van der Waals surface area contributed by atoms with E-state index in [1.807, 2.05) is 0 Å². The van der Waals surface area contributed by atoms with Crippen molar-refractivity contribution in [3.8, 4) is 11.8 Å². The monoisotopic (exact) mass is 1470 g/mol. The summed E-state index contributed by atoms with van der Waals surface area (Å²) < 4.78 is 227. The summed E-state index contributed by atoms with van der Waals surface area (Å²) in [6.07, 6.45) is 1.16. The summed E-state index contributed by atoms with van der Waals surface area (Å²) in [5, 5.41) is 18.6. The third-order valence-corrected chi connectivity index (χ3v) is 21.1. The lowest BCUT2D eigenvalue weighted by atomic mass is 9.73. The van der Waals surface area contributed by atoms with E-state index in [1.54, 1.807) is 23.3 Å². The molecular formula is C61H76N3O29S5+. The summed E-state index contributed by atoms with van der Waals surface area (Å²) in [5.74, 6) is -3.08. The number of benzene rings is 4. The van der Waals surface area contributed by atoms with Crippen LogP contribution in [0.15, 0.2) is 89.8 Å². The summed E-state index contributed by atoms with van der Waals surface area (Å²) in [4.78, 5) is 46.8. The van der Waals surface area contributed by atoms with Crippen LogP contribution in [-0.4, -0.2) is 228 Å². The number of anilines is 1. The van der Waals surface area contributed by atoms with Crippen LogP contribution in [0.5, 0.6) is 11.8 Å². The van der Waals surface area contributed by atoms with Crippen LogP contribution < -0.4 is 31.0 Å². The van der Waals surface area contributed by atoms with E-state index in [4.69, 9.17) is 42.7 Å². The molecule has 2 aliphatic heterocycles. The maximum Gasteiger partial charge on any atom is 0.333 e. The maximum absolute atomic E-state index is 15.2. The lowest BCUT2D eigenvalue weighted by Gasteiger charge is -2.35. The molecule has 0 saturated carbocycles. The second-order valence-electron chi connectivity index (χ2n) is 23.3. The van der Waals surface area contributed by atoms with Gasteiger partial charge in [0.2, 0.25) is 28.3 Å². The third-order valence-electron chi connectivity index (χ3n) is 16.8. The number of ether oxygens (including phenoxy) is 8. The van der Waals surface area contributed by atoms with Crippen LogP contribution in [0, 0.1) is 0 Å². The van der Waals surface area contributed by atoms with Gasteiger partial charge in [-0.05, 0) is 85.0 Å². The SMILES string of the molecule is COCCOCCOCCOCCN1c2ccc3c(S(=O)(=O)O)cc(S(=O)(=O)O)cc3c2C(C)(CCCS(=O)(=O)O)C1C=c1c(=O)c(=CC2=[N+](CCCC(=O)On3c(O)ccc3O)c3ccc4c(S(=O)(=O)O)cc(S(=O)(=O)O)cc4c3C2(C)CCOCCOCCOCCOC)c1=O. The standard InChI is InChI=1S/C61H75N3O29S5/c1-60(14-6-32-94(70,71)72)51(63(17-19-88-25-27-92-31-29-90-23-21-86-4)48-11-9-41-43(56(48)60)33-39(95(73,74)75)35-49(41)97(79,80)81)37-45-58(68)46(59(45)69)38-52-61(2,15-18-87-24-26-91-30-28-89-22-20-85-3)57-44-34-40(96(76,77)78)36-50(98(82,83)84)42(44)8-10-47(57)62(52)16-5-7-55(67)93-64-53(65)12-13-54(64)66/h8-13,33-38,51H,5-7,14-32H2,1-4H3,(H6,68,69,70,71,72,73,74,75,76,77,78,79,80,81,82,83,84)/p+1. The lowest BCUT2D eigenvalue weighted by molar-refractivity contribution is -0.437. The molecule has 3 heterocycles. The summed E-state index contributed by atoms with van der Waals surface area (Å²) in [7, 11) is -22.7. The second-order valence-corrected chi connectivity index (χ2v) is 30.5. The molecule has 538 valence electrons. The van der Waals surface area contributed by atoms with Crippen molar-refractivity contribution in [3.63, 3.8) is 0 Å². The molecule has 2 aliphatic rings. The fourth-order valence-electron chi connectivity index (χ4n) is 12.3. The molecule has 3 unspecified atom stereocenters.